The fraction of sp³-hybridized carbons (Fsp3) is 0.333. The van der Waals surface area contributed by atoms with Crippen LogP contribution in [0, 0.1) is 5.92 Å². The van der Waals surface area contributed by atoms with E-state index in [1.54, 1.807) is 17.5 Å². The topological polar surface area (TPSA) is 114 Å². The first-order valence-electron chi connectivity index (χ1n) is 7.53. The molecular weight excluding hydrogens is 348 g/mol. The summed E-state index contributed by atoms with van der Waals surface area (Å²) in [7, 11) is -3.74. The molecule has 1 amide bonds. The summed E-state index contributed by atoms with van der Waals surface area (Å²) in [6.45, 7) is 0. The molecule has 0 saturated heterocycles. The first-order valence-corrected chi connectivity index (χ1v) is 9.89. The summed E-state index contributed by atoms with van der Waals surface area (Å²) in [6, 6.07) is 6.22. The van der Waals surface area contributed by atoms with Crippen LogP contribution in [0.25, 0.3) is 0 Å². The van der Waals surface area contributed by atoms with E-state index in [1.165, 1.54) is 29.7 Å². The van der Waals surface area contributed by atoms with Gasteiger partial charge in [0.15, 0.2) is 5.13 Å². The summed E-state index contributed by atoms with van der Waals surface area (Å²) < 4.78 is 27.1. The summed E-state index contributed by atoms with van der Waals surface area (Å²) in [5, 5.41) is 4.75. The number of thiazole rings is 1. The lowest BCUT2D eigenvalue weighted by molar-refractivity contribution is -0.119. The number of hydrogen-bond donors (Lipinski definition) is 3. The minimum atomic E-state index is -3.74. The number of amides is 1. The van der Waals surface area contributed by atoms with Crippen LogP contribution in [-0.2, 0) is 14.8 Å². The van der Waals surface area contributed by atoms with Crippen LogP contribution in [0.4, 0.5) is 10.8 Å². The smallest absolute Gasteiger partial charge is 0.263 e. The highest BCUT2D eigenvalue weighted by atomic mass is 32.2. The van der Waals surface area contributed by atoms with E-state index in [2.05, 4.69) is 15.0 Å². The normalized spacial score (nSPS) is 20.7. The second-order valence-corrected chi connectivity index (χ2v) is 8.31. The third kappa shape index (κ3) is 3.92. The molecule has 1 saturated carbocycles. The monoisotopic (exact) mass is 366 g/mol. The van der Waals surface area contributed by atoms with Gasteiger partial charge in [-0.1, -0.05) is 6.07 Å². The maximum absolute atomic E-state index is 12.4. The minimum Gasteiger partial charge on any atom is -0.328 e. The Morgan fingerprint density at radius 2 is 2.17 bits per heavy atom. The van der Waals surface area contributed by atoms with E-state index in [9.17, 15) is 13.2 Å². The molecule has 1 aromatic carbocycles. The number of nitrogens with two attached hydrogens (primary N) is 1. The van der Waals surface area contributed by atoms with Crippen LogP contribution in [0.3, 0.4) is 0 Å². The van der Waals surface area contributed by atoms with Gasteiger partial charge in [0.1, 0.15) is 0 Å². The summed E-state index contributed by atoms with van der Waals surface area (Å²) in [5.41, 5.74) is 6.28. The van der Waals surface area contributed by atoms with Gasteiger partial charge in [-0.2, -0.15) is 0 Å². The highest BCUT2D eigenvalue weighted by molar-refractivity contribution is 7.93. The number of sulfonamides is 1. The number of carbonyl (C=O) groups excluding carboxylic acids is 1. The van der Waals surface area contributed by atoms with E-state index in [0.29, 0.717) is 17.2 Å². The maximum atomic E-state index is 12.4. The van der Waals surface area contributed by atoms with Gasteiger partial charge in [-0.15, -0.1) is 11.3 Å². The number of anilines is 2. The van der Waals surface area contributed by atoms with Crippen LogP contribution in [0.1, 0.15) is 19.3 Å². The largest absolute Gasteiger partial charge is 0.328 e. The van der Waals surface area contributed by atoms with Gasteiger partial charge in [0.05, 0.1) is 4.90 Å². The van der Waals surface area contributed by atoms with Crippen LogP contribution in [0.15, 0.2) is 40.7 Å². The molecule has 0 spiro atoms. The molecule has 1 fully saturated rings. The van der Waals surface area contributed by atoms with Gasteiger partial charge >= 0.3 is 0 Å². The molecule has 1 aliphatic carbocycles. The molecule has 1 aliphatic rings. The van der Waals surface area contributed by atoms with Gasteiger partial charge in [-0.3, -0.25) is 9.52 Å². The molecule has 128 valence electrons. The summed E-state index contributed by atoms with van der Waals surface area (Å²) in [6.07, 6.45) is 3.78. The molecule has 2 unspecified atom stereocenters. The predicted molar refractivity (Wildman–Crippen MR) is 93.3 cm³/mol. The van der Waals surface area contributed by atoms with Crippen LogP contribution >= 0.6 is 11.3 Å². The van der Waals surface area contributed by atoms with Gasteiger partial charge in [-0.25, -0.2) is 13.4 Å². The molecule has 9 heteroatoms. The molecule has 0 radical (unpaired) electrons. The molecule has 3 rings (SSSR count). The summed E-state index contributed by atoms with van der Waals surface area (Å²) in [4.78, 5) is 16.2. The van der Waals surface area contributed by atoms with Gasteiger partial charge in [-0.05, 0) is 37.5 Å². The quantitative estimate of drug-likeness (QED) is 0.749. The van der Waals surface area contributed by atoms with E-state index in [1.807, 2.05) is 0 Å². The lowest BCUT2D eigenvalue weighted by atomic mass is 10.1. The molecule has 4 N–H and O–H groups in total. The van der Waals surface area contributed by atoms with Crippen molar-refractivity contribution in [2.24, 2.45) is 11.7 Å². The second kappa shape index (κ2) is 6.88. The Morgan fingerprint density at radius 3 is 2.83 bits per heavy atom. The highest BCUT2D eigenvalue weighted by Crippen LogP contribution is 2.26. The zero-order chi connectivity index (χ0) is 17.2. The Bertz CT molecular complexity index is 821. The Kier molecular flexibility index (Phi) is 4.83. The van der Waals surface area contributed by atoms with Crippen molar-refractivity contribution in [3.63, 3.8) is 0 Å². The number of nitrogens with zero attached hydrogens (tertiary/aromatic N) is 1. The van der Waals surface area contributed by atoms with Crippen molar-refractivity contribution in [1.82, 2.24) is 4.98 Å². The fourth-order valence-corrected chi connectivity index (χ4v) is 4.52. The number of aromatic nitrogens is 1. The zero-order valence-electron chi connectivity index (χ0n) is 12.8. The summed E-state index contributed by atoms with van der Waals surface area (Å²) in [5.74, 6) is -0.237. The Labute approximate surface area is 144 Å². The van der Waals surface area contributed by atoms with Crippen molar-refractivity contribution in [2.75, 3.05) is 10.0 Å². The van der Waals surface area contributed by atoms with Crippen LogP contribution in [0.5, 0.6) is 0 Å². The van der Waals surface area contributed by atoms with Gasteiger partial charge in [0, 0.05) is 29.2 Å². The first kappa shape index (κ1) is 16.9. The van der Waals surface area contributed by atoms with Crippen molar-refractivity contribution < 1.29 is 13.2 Å². The maximum Gasteiger partial charge on any atom is 0.263 e. The third-order valence-electron chi connectivity index (χ3n) is 3.91. The van der Waals surface area contributed by atoms with E-state index < -0.39 is 10.0 Å². The average Bonchev–Trinajstić information content (AvgIpc) is 3.19. The first-order chi connectivity index (χ1) is 11.4. The average molecular weight is 366 g/mol. The van der Waals surface area contributed by atoms with Gasteiger partial charge < -0.3 is 11.1 Å². The lowest BCUT2D eigenvalue weighted by Crippen LogP contribution is -2.23. The molecule has 1 heterocycles. The van der Waals surface area contributed by atoms with E-state index in [-0.39, 0.29) is 22.8 Å². The third-order valence-corrected chi connectivity index (χ3v) is 6.06. The van der Waals surface area contributed by atoms with E-state index in [0.717, 1.165) is 12.8 Å². The Morgan fingerprint density at radius 1 is 1.33 bits per heavy atom. The lowest BCUT2D eigenvalue weighted by Gasteiger charge is -2.12. The molecule has 2 aromatic rings. The fourth-order valence-electron chi connectivity index (χ4n) is 2.69. The molecule has 7 nitrogen and oxygen atoms in total. The van der Waals surface area contributed by atoms with Gasteiger partial charge in [0.25, 0.3) is 10.0 Å². The number of carbonyl (C=O) groups is 1. The van der Waals surface area contributed by atoms with E-state index in [4.69, 9.17) is 5.73 Å². The highest BCUT2D eigenvalue weighted by Gasteiger charge is 2.28. The standard InChI is InChI=1S/C15H18N4O3S2/c16-11-5-4-10(8-11)14(20)18-12-2-1-3-13(9-12)24(21,22)19-15-17-6-7-23-15/h1-3,6-7,9-11H,4-5,8,16H2,(H,17,19)(H,18,20). The van der Waals surface area contributed by atoms with Crippen LogP contribution < -0.4 is 15.8 Å². The number of benzene rings is 1. The Hall–Kier alpha value is -1.97. The molecule has 1 aromatic heterocycles. The number of hydrogen-bond acceptors (Lipinski definition) is 6. The van der Waals surface area contributed by atoms with Crippen molar-refractivity contribution in [3.05, 3.63) is 35.8 Å². The molecule has 2 atom stereocenters. The number of nitrogens with one attached hydrogen (secondary N) is 2. The van der Waals surface area contributed by atoms with Gasteiger partial charge in [0.2, 0.25) is 5.91 Å². The van der Waals surface area contributed by atoms with Crippen molar-refractivity contribution >= 4 is 38.1 Å². The zero-order valence-corrected chi connectivity index (χ0v) is 14.4. The molecule has 0 bridgehead atoms. The Balaban J connectivity index is 1.73. The van der Waals surface area contributed by atoms with Crippen molar-refractivity contribution in [1.29, 1.82) is 0 Å². The summed E-state index contributed by atoms with van der Waals surface area (Å²) >= 11 is 1.19. The molecular formula is C15H18N4O3S2. The number of rotatable bonds is 5. The molecule has 24 heavy (non-hydrogen) atoms. The van der Waals surface area contributed by atoms with Crippen molar-refractivity contribution in [3.8, 4) is 0 Å². The minimum absolute atomic E-state index is 0.0648. The van der Waals surface area contributed by atoms with E-state index >= 15 is 0 Å². The van der Waals surface area contributed by atoms with Crippen LogP contribution in [0.2, 0.25) is 0 Å². The van der Waals surface area contributed by atoms with Crippen molar-refractivity contribution in [2.45, 2.75) is 30.2 Å². The molecule has 0 aliphatic heterocycles. The van der Waals surface area contributed by atoms with Crippen LogP contribution in [-0.4, -0.2) is 25.4 Å². The SMILES string of the molecule is NC1CCC(C(=O)Nc2cccc(S(=O)(=O)Nc3nccs3)c2)C1. The second-order valence-electron chi connectivity index (χ2n) is 5.73. The predicted octanol–water partition coefficient (Wildman–Crippen LogP) is 2.01.